The summed E-state index contributed by atoms with van der Waals surface area (Å²) < 4.78 is 12.9. The first kappa shape index (κ1) is 16.2. The minimum Gasteiger partial charge on any atom is -0.335 e. The Morgan fingerprint density at radius 1 is 1.29 bits per heavy atom. The molecule has 6 heteroatoms. The SMILES string of the molecule is Cc1cc(C)c(CNC(=O)N[C@H]2C[C@@H]2c2ccc(F)cc2)c(=O)[nH]1. The summed E-state index contributed by atoms with van der Waals surface area (Å²) in [7, 11) is 0. The standard InChI is InChI=1S/C18H20FN3O2/c1-10-7-11(2)21-17(23)15(10)9-20-18(24)22-16-8-14(16)12-3-5-13(19)6-4-12/h3-7,14,16H,8-9H2,1-2H3,(H,21,23)(H2,20,22,24)/t14-,16+/m1/s1. The van der Waals surface area contributed by atoms with Crippen molar-refractivity contribution in [2.24, 2.45) is 0 Å². The molecule has 2 amide bonds. The van der Waals surface area contributed by atoms with Gasteiger partial charge in [0.05, 0.1) is 6.54 Å². The average Bonchev–Trinajstić information content (AvgIpc) is 3.26. The van der Waals surface area contributed by atoms with Crippen LogP contribution in [0.2, 0.25) is 0 Å². The second-order valence-corrected chi connectivity index (χ2v) is 6.27. The zero-order chi connectivity index (χ0) is 17.3. The molecule has 0 aliphatic heterocycles. The van der Waals surface area contributed by atoms with Crippen LogP contribution < -0.4 is 16.2 Å². The summed E-state index contributed by atoms with van der Waals surface area (Å²) in [5, 5.41) is 5.60. The van der Waals surface area contributed by atoms with E-state index < -0.39 is 0 Å². The fourth-order valence-electron chi connectivity index (χ4n) is 2.92. The lowest BCUT2D eigenvalue weighted by molar-refractivity contribution is 0.240. The predicted octanol–water partition coefficient (Wildman–Crippen LogP) is 2.49. The maximum absolute atomic E-state index is 12.9. The van der Waals surface area contributed by atoms with Crippen molar-refractivity contribution in [1.29, 1.82) is 0 Å². The summed E-state index contributed by atoms with van der Waals surface area (Å²) >= 11 is 0. The van der Waals surface area contributed by atoms with E-state index in [1.807, 2.05) is 19.9 Å². The quantitative estimate of drug-likeness (QED) is 0.806. The van der Waals surface area contributed by atoms with Crippen molar-refractivity contribution in [3.05, 3.63) is 68.9 Å². The van der Waals surface area contributed by atoms with Crippen molar-refractivity contribution in [3.63, 3.8) is 0 Å². The zero-order valence-corrected chi connectivity index (χ0v) is 13.7. The molecule has 1 aliphatic carbocycles. The number of H-pyrrole nitrogens is 1. The van der Waals surface area contributed by atoms with Gasteiger partial charge in [-0.25, -0.2) is 9.18 Å². The number of benzene rings is 1. The van der Waals surface area contributed by atoms with Crippen LogP contribution in [0.1, 0.15) is 34.7 Å². The van der Waals surface area contributed by atoms with Crippen LogP contribution in [0.5, 0.6) is 0 Å². The van der Waals surface area contributed by atoms with Crippen LogP contribution in [-0.4, -0.2) is 17.1 Å². The van der Waals surface area contributed by atoms with Gasteiger partial charge >= 0.3 is 6.03 Å². The Morgan fingerprint density at radius 3 is 2.67 bits per heavy atom. The molecular formula is C18H20FN3O2. The summed E-state index contributed by atoms with van der Waals surface area (Å²) in [5.74, 6) is -0.0406. The predicted molar refractivity (Wildman–Crippen MR) is 89.5 cm³/mol. The number of aromatic amines is 1. The number of nitrogens with one attached hydrogen (secondary N) is 3. The monoisotopic (exact) mass is 329 g/mol. The van der Waals surface area contributed by atoms with E-state index in [0.717, 1.165) is 23.2 Å². The molecule has 1 aliphatic rings. The lowest BCUT2D eigenvalue weighted by atomic mass is 10.1. The normalized spacial score (nSPS) is 19.0. The van der Waals surface area contributed by atoms with Crippen LogP contribution in [0.4, 0.5) is 9.18 Å². The van der Waals surface area contributed by atoms with E-state index >= 15 is 0 Å². The molecule has 2 aromatic rings. The summed E-state index contributed by atoms with van der Waals surface area (Å²) in [5.41, 5.74) is 3.05. The highest BCUT2D eigenvalue weighted by Crippen LogP contribution is 2.40. The number of hydrogen-bond acceptors (Lipinski definition) is 2. The Kier molecular flexibility index (Phi) is 4.38. The maximum atomic E-state index is 12.9. The molecule has 1 saturated carbocycles. The van der Waals surface area contributed by atoms with Crippen LogP contribution in [0.3, 0.4) is 0 Å². The summed E-state index contributed by atoms with van der Waals surface area (Å²) in [6.07, 6.45) is 0.837. The van der Waals surface area contributed by atoms with Gasteiger partial charge in [0.1, 0.15) is 5.82 Å². The zero-order valence-electron chi connectivity index (χ0n) is 13.7. The number of aryl methyl sites for hydroxylation is 2. The van der Waals surface area contributed by atoms with Gasteiger partial charge in [-0.2, -0.15) is 0 Å². The molecule has 0 saturated heterocycles. The second-order valence-electron chi connectivity index (χ2n) is 6.27. The first-order valence-corrected chi connectivity index (χ1v) is 7.93. The van der Waals surface area contributed by atoms with Crippen molar-refractivity contribution in [1.82, 2.24) is 15.6 Å². The van der Waals surface area contributed by atoms with Crippen molar-refractivity contribution in [3.8, 4) is 0 Å². The third kappa shape index (κ3) is 3.64. The molecule has 0 bridgehead atoms. The number of carbonyl (C=O) groups excluding carboxylic acids is 1. The average molecular weight is 329 g/mol. The van der Waals surface area contributed by atoms with Gasteiger partial charge in [-0.1, -0.05) is 12.1 Å². The Bertz CT molecular complexity index is 814. The molecular weight excluding hydrogens is 309 g/mol. The van der Waals surface area contributed by atoms with Crippen LogP contribution in [0, 0.1) is 19.7 Å². The number of aromatic nitrogens is 1. The molecule has 0 radical (unpaired) electrons. The first-order valence-electron chi connectivity index (χ1n) is 7.93. The topological polar surface area (TPSA) is 74.0 Å². The van der Waals surface area contributed by atoms with E-state index in [1.165, 1.54) is 12.1 Å². The van der Waals surface area contributed by atoms with E-state index in [1.54, 1.807) is 12.1 Å². The van der Waals surface area contributed by atoms with Crippen LogP contribution in [0.15, 0.2) is 35.1 Å². The van der Waals surface area contributed by atoms with Crippen molar-refractivity contribution < 1.29 is 9.18 Å². The van der Waals surface area contributed by atoms with Gasteiger partial charge in [0, 0.05) is 23.2 Å². The molecule has 126 valence electrons. The Hall–Kier alpha value is -2.63. The smallest absolute Gasteiger partial charge is 0.315 e. The van der Waals surface area contributed by atoms with Crippen LogP contribution in [-0.2, 0) is 6.54 Å². The van der Waals surface area contributed by atoms with E-state index in [2.05, 4.69) is 15.6 Å². The number of amides is 2. The van der Waals surface area contributed by atoms with Gasteiger partial charge in [0.25, 0.3) is 5.56 Å². The molecule has 0 unspecified atom stereocenters. The van der Waals surface area contributed by atoms with Crippen molar-refractivity contribution in [2.75, 3.05) is 0 Å². The van der Waals surface area contributed by atoms with Crippen molar-refractivity contribution in [2.45, 2.75) is 38.8 Å². The highest BCUT2D eigenvalue weighted by Gasteiger charge is 2.39. The molecule has 1 aromatic heterocycles. The molecule has 3 rings (SSSR count). The molecule has 2 atom stereocenters. The van der Waals surface area contributed by atoms with E-state index in [4.69, 9.17) is 0 Å². The van der Waals surface area contributed by atoms with Gasteiger partial charge in [-0.05, 0) is 49.6 Å². The number of urea groups is 1. The molecule has 0 spiro atoms. The maximum Gasteiger partial charge on any atom is 0.315 e. The lowest BCUT2D eigenvalue weighted by Gasteiger charge is -2.09. The summed E-state index contributed by atoms with van der Waals surface area (Å²) in [6, 6.07) is 7.97. The Balaban J connectivity index is 1.52. The largest absolute Gasteiger partial charge is 0.335 e. The molecule has 3 N–H and O–H groups in total. The number of rotatable bonds is 4. The van der Waals surface area contributed by atoms with E-state index in [-0.39, 0.29) is 35.9 Å². The van der Waals surface area contributed by atoms with Gasteiger partial charge < -0.3 is 15.6 Å². The highest BCUT2D eigenvalue weighted by atomic mass is 19.1. The van der Waals surface area contributed by atoms with Crippen LogP contribution in [0.25, 0.3) is 0 Å². The van der Waals surface area contributed by atoms with Gasteiger partial charge in [-0.3, -0.25) is 4.79 Å². The Morgan fingerprint density at radius 2 is 2.00 bits per heavy atom. The highest BCUT2D eigenvalue weighted by molar-refractivity contribution is 5.75. The van der Waals surface area contributed by atoms with Crippen LogP contribution >= 0.6 is 0 Å². The molecule has 1 aromatic carbocycles. The molecule has 24 heavy (non-hydrogen) atoms. The number of pyridine rings is 1. The molecule has 5 nitrogen and oxygen atoms in total. The number of hydrogen-bond donors (Lipinski definition) is 3. The molecule has 1 heterocycles. The van der Waals surface area contributed by atoms with Gasteiger partial charge in [0.15, 0.2) is 0 Å². The number of halogens is 1. The minimum absolute atomic E-state index is 0.0489. The fourth-order valence-corrected chi connectivity index (χ4v) is 2.92. The van der Waals surface area contributed by atoms with Gasteiger partial charge in [-0.15, -0.1) is 0 Å². The lowest BCUT2D eigenvalue weighted by Crippen LogP contribution is -2.38. The minimum atomic E-state index is -0.302. The van der Waals surface area contributed by atoms with E-state index in [9.17, 15) is 14.0 Å². The number of carbonyl (C=O) groups is 1. The fraction of sp³-hybridized carbons (Fsp3) is 0.333. The summed E-state index contributed by atoms with van der Waals surface area (Å²) in [6.45, 7) is 3.85. The second kappa shape index (κ2) is 6.47. The summed E-state index contributed by atoms with van der Waals surface area (Å²) in [4.78, 5) is 26.6. The third-order valence-electron chi connectivity index (χ3n) is 4.32. The van der Waals surface area contributed by atoms with Gasteiger partial charge in [0.2, 0.25) is 0 Å². The Labute approximate surface area is 139 Å². The van der Waals surface area contributed by atoms with E-state index in [0.29, 0.717) is 5.56 Å². The third-order valence-corrected chi connectivity index (χ3v) is 4.32. The first-order chi connectivity index (χ1) is 11.4. The molecule has 1 fully saturated rings. The van der Waals surface area contributed by atoms with Crippen molar-refractivity contribution >= 4 is 6.03 Å².